The second kappa shape index (κ2) is 10.6. The molecule has 2 atom stereocenters. The molecular formula is C27H34N2O5. The molecule has 1 heterocycles. The van der Waals surface area contributed by atoms with Crippen LogP contribution < -0.4 is 5.32 Å². The molecule has 2 aromatic rings. The van der Waals surface area contributed by atoms with Gasteiger partial charge in [0.15, 0.2) is 0 Å². The van der Waals surface area contributed by atoms with Crippen molar-refractivity contribution in [2.75, 3.05) is 25.0 Å². The zero-order chi connectivity index (χ0) is 24.1. The van der Waals surface area contributed by atoms with Crippen LogP contribution in [-0.2, 0) is 19.1 Å². The molecule has 1 amide bonds. The Balaban J connectivity index is 1.21. The summed E-state index contributed by atoms with van der Waals surface area (Å²) >= 11 is 0. The van der Waals surface area contributed by atoms with E-state index < -0.39 is 11.7 Å². The van der Waals surface area contributed by atoms with E-state index in [0.717, 1.165) is 42.7 Å². The van der Waals surface area contributed by atoms with Gasteiger partial charge in [-0.3, -0.25) is 14.9 Å². The van der Waals surface area contributed by atoms with Crippen molar-refractivity contribution < 1.29 is 23.9 Å². The van der Waals surface area contributed by atoms with Crippen LogP contribution in [0.4, 0.5) is 10.5 Å². The first kappa shape index (κ1) is 24.2. The first-order valence-electron chi connectivity index (χ1n) is 12.0. The number of carbonyl (C=O) groups excluding carboxylic acids is 2. The third-order valence-electron chi connectivity index (χ3n) is 6.20. The van der Waals surface area contributed by atoms with Crippen molar-refractivity contribution in [2.24, 2.45) is 11.8 Å². The quantitative estimate of drug-likeness (QED) is 0.560. The molecule has 2 fully saturated rings. The molecular weight excluding hydrogens is 432 g/mol. The zero-order valence-corrected chi connectivity index (χ0v) is 20.2. The van der Waals surface area contributed by atoms with Gasteiger partial charge in [0.05, 0.1) is 18.7 Å². The lowest BCUT2D eigenvalue weighted by Gasteiger charge is -2.21. The summed E-state index contributed by atoms with van der Waals surface area (Å²) in [5.41, 5.74) is 2.26. The number of anilines is 1. The molecule has 1 saturated carbocycles. The molecule has 1 aliphatic heterocycles. The molecule has 0 aromatic heterocycles. The van der Waals surface area contributed by atoms with Gasteiger partial charge in [-0.2, -0.15) is 5.06 Å². The molecule has 1 aliphatic carbocycles. The van der Waals surface area contributed by atoms with Crippen LogP contribution in [-0.4, -0.2) is 48.5 Å². The summed E-state index contributed by atoms with van der Waals surface area (Å²) in [5.74, 6) is 0.604. The predicted octanol–water partition coefficient (Wildman–Crippen LogP) is 5.28. The number of nitrogens with zero attached hydrogens (tertiary/aromatic N) is 1. The standard InChI is InChI=1S/C27H34N2O5/c1-27(2,3)34-25(30)13-14-32-29-17-20-15-22(16-21(20)18-29)33-26(31)28-24-12-8-7-11-23(24)19-9-5-4-6-10-19/h4-12,20-22H,13-18H2,1-3H3,(H,28,31). The number of ether oxygens (including phenoxy) is 2. The first-order valence-corrected chi connectivity index (χ1v) is 12.0. The molecule has 2 aromatic carbocycles. The molecule has 0 spiro atoms. The molecule has 34 heavy (non-hydrogen) atoms. The number of hydrogen-bond donors (Lipinski definition) is 1. The van der Waals surface area contributed by atoms with E-state index in [2.05, 4.69) is 5.32 Å². The van der Waals surface area contributed by atoms with E-state index in [1.54, 1.807) is 0 Å². The number of benzene rings is 2. The van der Waals surface area contributed by atoms with Gasteiger partial charge in [0.25, 0.3) is 0 Å². The topological polar surface area (TPSA) is 77.1 Å². The Morgan fingerprint density at radius 2 is 1.62 bits per heavy atom. The lowest BCUT2D eigenvalue weighted by Crippen LogP contribution is -2.28. The van der Waals surface area contributed by atoms with Crippen molar-refractivity contribution in [3.05, 3.63) is 54.6 Å². The minimum absolute atomic E-state index is 0.0946. The van der Waals surface area contributed by atoms with Crippen LogP contribution in [0.5, 0.6) is 0 Å². The third kappa shape index (κ3) is 6.58. The highest BCUT2D eigenvalue weighted by Gasteiger charge is 2.43. The van der Waals surface area contributed by atoms with Gasteiger partial charge < -0.3 is 9.47 Å². The number of rotatable bonds is 7. The van der Waals surface area contributed by atoms with Gasteiger partial charge in [-0.05, 0) is 57.1 Å². The Morgan fingerprint density at radius 3 is 2.29 bits per heavy atom. The maximum atomic E-state index is 12.6. The highest BCUT2D eigenvalue weighted by atomic mass is 16.7. The van der Waals surface area contributed by atoms with E-state index in [1.165, 1.54) is 0 Å². The lowest BCUT2D eigenvalue weighted by molar-refractivity contribution is -0.170. The summed E-state index contributed by atoms with van der Waals surface area (Å²) in [5, 5.41) is 4.86. The number of hydrogen-bond acceptors (Lipinski definition) is 6. The number of nitrogens with one attached hydrogen (secondary N) is 1. The van der Waals surface area contributed by atoms with Crippen molar-refractivity contribution in [3.8, 4) is 11.1 Å². The van der Waals surface area contributed by atoms with Gasteiger partial charge in [0, 0.05) is 18.7 Å². The normalized spacial score (nSPS) is 22.3. The van der Waals surface area contributed by atoms with Crippen molar-refractivity contribution >= 4 is 17.7 Å². The SMILES string of the molecule is CC(C)(C)OC(=O)CCON1CC2CC(OC(=O)Nc3ccccc3-c3ccccc3)CC2C1. The monoisotopic (exact) mass is 466 g/mol. The van der Waals surface area contributed by atoms with E-state index in [0.29, 0.717) is 18.4 Å². The van der Waals surface area contributed by atoms with E-state index in [9.17, 15) is 9.59 Å². The summed E-state index contributed by atoms with van der Waals surface area (Å²) in [4.78, 5) is 30.2. The van der Waals surface area contributed by atoms with Crippen molar-refractivity contribution in [3.63, 3.8) is 0 Å². The molecule has 182 valence electrons. The number of hydroxylamine groups is 2. The second-order valence-corrected chi connectivity index (χ2v) is 10.1. The maximum Gasteiger partial charge on any atom is 0.411 e. The van der Waals surface area contributed by atoms with Crippen LogP contribution in [0.3, 0.4) is 0 Å². The van der Waals surface area contributed by atoms with Crippen LogP contribution in [0.15, 0.2) is 54.6 Å². The summed E-state index contributed by atoms with van der Waals surface area (Å²) in [7, 11) is 0. The van der Waals surface area contributed by atoms with Gasteiger partial charge in [-0.15, -0.1) is 0 Å². The smallest absolute Gasteiger partial charge is 0.411 e. The summed E-state index contributed by atoms with van der Waals surface area (Å²) in [6.07, 6.45) is 1.37. The zero-order valence-electron chi connectivity index (χ0n) is 20.2. The Labute approximate surface area is 201 Å². The van der Waals surface area contributed by atoms with Crippen LogP contribution in [0.2, 0.25) is 0 Å². The van der Waals surface area contributed by atoms with E-state index in [4.69, 9.17) is 14.3 Å². The molecule has 7 heteroatoms. The van der Waals surface area contributed by atoms with E-state index >= 15 is 0 Å². The molecule has 7 nitrogen and oxygen atoms in total. The Hall–Kier alpha value is -2.90. The van der Waals surface area contributed by atoms with E-state index in [-0.39, 0.29) is 18.5 Å². The summed E-state index contributed by atoms with van der Waals surface area (Å²) < 4.78 is 11.1. The molecule has 4 rings (SSSR count). The van der Waals surface area contributed by atoms with Gasteiger partial charge in [-0.25, -0.2) is 4.79 Å². The first-order chi connectivity index (χ1) is 16.3. The number of carbonyl (C=O) groups is 2. The Morgan fingerprint density at radius 1 is 0.971 bits per heavy atom. The lowest BCUT2D eigenvalue weighted by atomic mass is 10.0. The molecule has 2 aliphatic rings. The van der Waals surface area contributed by atoms with Gasteiger partial charge in [-0.1, -0.05) is 48.5 Å². The van der Waals surface area contributed by atoms with Crippen LogP contribution in [0, 0.1) is 11.8 Å². The molecule has 2 unspecified atom stereocenters. The minimum Gasteiger partial charge on any atom is -0.460 e. The maximum absolute atomic E-state index is 12.6. The van der Waals surface area contributed by atoms with Gasteiger partial charge in [0.2, 0.25) is 0 Å². The van der Waals surface area contributed by atoms with Crippen LogP contribution >= 0.6 is 0 Å². The second-order valence-electron chi connectivity index (χ2n) is 10.1. The number of para-hydroxylation sites is 1. The number of esters is 1. The van der Waals surface area contributed by atoms with Crippen molar-refractivity contribution in [2.45, 2.75) is 51.7 Å². The summed E-state index contributed by atoms with van der Waals surface area (Å²) in [6, 6.07) is 17.7. The van der Waals surface area contributed by atoms with Gasteiger partial charge >= 0.3 is 12.1 Å². The minimum atomic E-state index is -0.479. The highest BCUT2D eigenvalue weighted by Crippen LogP contribution is 2.39. The van der Waals surface area contributed by atoms with E-state index in [1.807, 2.05) is 80.4 Å². The average molecular weight is 467 g/mol. The number of fused-ring (bicyclic) bond motifs is 1. The molecule has 0 radical (unpaired) electrons. The van der Waals surface area contributed by atoms with Crippen molar-refractivity contribution in [1.29, 1.82) is 0 Å². The number of amides is 1. The summed E-state index contributed by atoms with van der Waals surface area (Å²) in [6.45, 7) is 7.46. The van der Waals surface area contributed by atoms with Gasteiger partial charge in [0.1, 0.15) is 11.7 Å². The average Bonchev–Trinajstić information content (AvgIpc) is 3.31. The molecule has 1 saturated heterocycles. The van der Waals surface area contributed by atoms with Crippen LogP contribution in [0.25, 0.3) is 11.1 Å². The fourth-order valence-electron chi connectivity index (χ4n) is 4.81. The molecule has 1 N–H and O–H groups in total. The third-order valence-corrected chi connectivity index (χ3v) is 6.20. The largest absolute Gasteiger partial charge is 0.460 e. The highest BCUT2D eigenvalue weighted by molar-refractivity contribution is 5.91. The van der Waals surface area contributed by atoms with Crippen molar-refractivity contribution in [1.82, 2.24) is 5.06 Å². The molecule has 0 bridgehead atoms. The Bertz CT molecular complexity index is 974. The fourth-order valence-corrected chi connectivity index (χ4v) is 4.81. The Kier molecular flexibility index (Phi) is 7.54. The fraction of sp³-hybridized carbons (Fsp3) is 0.481. The van der Waals surface area contributed by atoms with Crippen LogP contribution in [0.1, 0.15) is 40.0 Å². The predicted molar refractivity (Wildman–Crippen MR) is 130 cm³/mol.